The Hall–Kier alpha value is -2.43. The smallest absolute Gasteiger partial charge is 0.363 e. The van der Waals surface area contributed by atoms with Gasteiger partial charge in [-0.15, -0.1) is 0 Å². The van der Waals surface area contributed by atoms with Gasteiger partial charge in [0.2, 0.25) is 5.90 Å². The lowest BCUT2D eigenvalue weighted by atomic mass is 10.1. The van der Waals surface area contributed by atoms with E-state index in [1.54, 1.807) is 36.4 Å². The zero-order chi connectivity index (χ0) is 24.2. The van der Waals surface area contributed by atoms with E-state index in [1.165, 1.54) is 6.07 Å². The summed E-state index contributed by atoms with van der Waals surface area (Å²) in [5, 5.41) is 0.256. The summed E-state index contributed by atoms with van der Waals surface area (Å²) >= 11 is 12.1. The second-order valence-electron chi connectivity index (χ2n) is 7.11. The number of cyclic esters (lactones) is 1. The molecule has 0 N–H and O–H groups in total. The number of nitrogens with zero attached hydrogens (tertiary/aromatic N) is 1. The van der Waals surface area contributed by atoms with Crippen LogP contribution in [0.1, 0.15) is 23.6 Å². The summed E-state index contributed by atoms with van der Waals surface area (Å²) in [4.78, 5) is 16.8. The van der Waals surface area contributed by atoms with Gasteiger partial charge in [0, 0.05) is 19.2 Å². The molecule has 0 bridgehead atoms. The van der Waals surface area contributed by atoms with Crippen LogP contribution < -0.4 is 9.47 Å². The monoisotopic (exact) mass is 655 g/mol. The van der Waals surface area contributed by atoms with Crippen LogP contribution in [0, 0.1) is 9.39 Å². The van der Waals surface area contributed by atoms with Gasteiger partial charge < -0.3 is 14.2 Å². The number of benzene rings is 3. The van der Waals surface area contributed by atoms with Gasteiger partial charge in [-0.25, -0.2) is 14.2 Å². The molecule has 3 aromatic rings. The van der Waals surface area contributed by atoms with Gasteiger partial charge in [-0.05, 0) is 93.5 Å². The second kappa shape index (κ2) is 10.9. The minimum atomic E-state index is -0.571. The lowest BCUT2D eigenvalue weighted by molar-refractivity contribution is -0.129. The summed E-state index contributed by atoms with van der Waals surface area (Å²) in [6.07, 6.45) is 1.56. The molecule has 0 radical (unpaired) electrons. The Morgan fingerprint density at radius 1 is 1.18 bits per heavy atom. The van der Waals surface area contributed by atoms with E-state index < -0.39 is 5.97 Å². The summed E-state index contributed by atoms with van der Waals surface area (Å²) in [6, 6.07) is 15.2. The van der Waals surface area contributed by atoms with E-state index in [1.807, 2.05) is 25.1 Å². The van der Waals surface area contributed by atoms with Gasteiger partial charge in [0.25, 0.3) is 0 Å². The lowest BCUT2D eigenvalue weighted by Gasteiger charge is -2.15. The van der Waals surface area contributed by atoms with Gasteiger partial charge in [0.15, 0.2) is 17.2 Å². The third-order valence-corrected chi connectivity index (χ3v) is 7.37. The van der Waals surface area contributed by atoms with Crippen LogP contribution in [0.25, 0.3) is 6.08 Å². The number of aliphatic imine (C=N–C) groups is 1. The van der Waals surface area contributed by atoms with Crippen molar-refractivity contribution < 1.29 is 23.4 Å². The third kappa shape index (κ3) is 5.61. The zero-order valence-corrected chi connectivity index (χ0v) is 22.3. The number of esters is 1. The number of hydrogen-bond donors (Lipinski definition) is 0. The number of carbonyl (C=O) groups excluding carboxylic acids is 1. The number of halogens is 4. The summed E-state index contributed by atoms with van der Waals surface area (Å²) < 4.78 is 32.7. The summed E-state index contributed by atoms with van der Waals surface area (Å²) in [5.74, 6) is -0.0642. The molecular weight excluding hydrogens is 640 g/mol. The van der Waals surface area contributed by atoms with Gasteiger partial charge in [0.05, 0.1) is 11.6 Å². The minimum absolute atomic E-state index is 0.0154. The van der Waals surface area contributed by atoms with Crippen molar-refractivity contribution in [2.45, 2.75) is 13.5 Å². The molecule has 5 nitrogen and oxygen atoms in total. The van der Waals surface area contributed by atoms with Crippen molar-refractivity contribution in [2.24, 2.45) is 4.99 Å². The van der Waals surface area contributed by atoms with Gasteiger partial charge in [-0.2, -0.15) is 0 Å². The average molecular weight is 657 g/mol. The normalized spacial score (nSPS) is 14.2. The van der Waals surface area contributed by atoms with Crippen LogP contribution >= 0.6 is 50.1 Å². The van der Waals surface area contributed by atoms with E-state index in [9.17, 15) is 9.18 Å². The van der Waals surface area contributed by atoms with E-state index in [4.69, 9.17) is 25.8 Å². The van der Waals surface area contributed by atoms with Crippen LogP contribution in [-0.4, -0.2) is 18.5 Å². The van der Waals surface area contributed by atoms with Crippen LogP contribution in [-0.2, 0) is 16.1 Å². The molecule has 0 atom stereocenters. The number of rotatable bonds is 7. The molecule has 3 aromatic carbocycles. The van der Waals surface area contributed by atoms with Crippen LogP contribution in [0.4, 0.5) is 4.39 Å². The fourth-order valence-electron chi connectivity index (χ4n) is 3.16. The van der Waals surface area contributed by atoms with Crippen molar-refractivity contribution in [3.05, 3.63) is 95.9 Å². The van der Waals surface area contributed by atoms with E-state index >= 15 is 0 Å². The molecule has 0 amide bonds. The topological polar surface area (TPSA) is 57.1 Å². The molecular formula is C25H17BrClFINO4. The molecule has 0 fully saturated rings. The van der Waals surface area contributed by atoms with E-state index in [0.717, 1.165) is 8.04 Å². The summed E-state index contributed by atoms with van der Waals surface area (Å²) in [6.45, 7) is 2.17. The van der Waals surface area contributed by atoms with Crippen molar-refractivity contribution in [1.82, 2.24) is 0 Å². The van der Waals surface area contributed by atoms with Crippen molar-refractivity contribution in [3.63, 3.8) is 0 Å². The fourth-order valence-corrected chi connectivity index (χ4v) is 4.15. The maximum Gasteiger partial charge on any atom is 0.363 e. The summed E-state index contributed by atoms with van der Waals surface area (Å²) in [5.41, 5.74) is 1.77. The highest BCUT2D eigenvalue weighted by Crippen LogP contribution is 2.38. The Kier molecular flexibility index (Phi) is 7.90. The number of ether oxygens (including phenoxy) is 3. The predicted octanol–water partition coefficient (Wildman–Crippen LogP) is 7.17. The lowest BCUT2D eigenvalue weighted by Crippen LogP contribution is -2.05. The molecule has 1 aliphatic heterocycles. The Balaban J connectivity index is 1.62. The van der Waals surface area contributed by atoms with Crippen molar-refractivity contribution >= 4 is 68.1 Å². The number of hydrogen-bond acceptors (Lipinski definition) is 5. The van der Waals surface area contributed by atoms with Gasteiger partial charge in [0.1, 0.15) is 12.4 Å². The van der Waals surface area contributed by atoms with Gasteiger partial charge >= 0.3 is 5.97 Å². The quantitative estimate of drug-likeness (QED) is 0.154. The Bertz CT molecular complexity index is 1330. The number of carbonyl (C=O) groups is 1. The fraction of sp³-hybridized carbons (Fsp3) is 0.120. The second-order valence-corrected chi connectivity index (χ2v) is 9.53. The Morgan fingerprint density at radius 2 is 1.97 bits per heavy atom. The van der Waals surface area contributed by atoms with Crippen LogP contribution in [0.5, 0.6) is 11.5 Å². The average Bonchev–Trinajstić information content (AvgIpc) is 3.16. The van der Waals surface area contributed by atoms with E-state index in [2.05, 4.69) is 43.5 Å². The Morgan fingerprint density at radius 3 is 2.71 bits per heavy atom. The molecule has 0 aromatic heterocycles. The molecule has 0 aliphatic carbocycles. The van der Waals surface area contributed by atoms with Crippen LogP contribution in [0.15, 0.2) is 69.8 Å². The van der Waals surface area contributed by atoms with Crippen LogP contribution in [0.2, 0.25) is 5.02 Å². The van der Waals surface area contributed by atoms with Gasteiger partial charge in [-0.3, -0.25) is 0 Å². The maximum atomic E-state index is 14.0. The first-order chi connectivity index (χ1) is 16.4. The molecule has 34 heavy (non-hydrogen) atoms. The molecule has 1 heterocycles. The third-order valence-electron chi connectivity index (χ3n) is 4.75. The molecule has 0 unspecified atom stereocenters. The highest BCUT2D eigenvalue weighted by atomic mass is 127. The van der Waals surface area contributed by atoms with Gasteiger partial charge in [-0.1, -0.05) is 29.8 Å². The van der Waals surface area contributed by atoms with E-state index in [0.29, 0.717) is 29.0 Å². The first-order valence-corrected chi connectivity index (χ1v) is 12.4. The first kappa shape index (κ1) is 24.7. The zero-order valence-electron chi connectivity index (χ0n) is 17.8. The molecule has 9 heteroatoms. The largest absolute Gasteiger partial charge is 0.490 e. The highest BCUT2D eigenvalue weighted by Gasteiger charge is 2.25. The molecule has 4 rings (SSSR count). The maximum absolute atomic E-state index is 14.0. The standard InChI is InChI=1S/C25H17BrClFINO4/c1-2-32-22-11-14(9-18(27)23(22)33-13-16-5-3-4-6-19(16)28)10-21-25(31)34-24(30-21)15-7-8-20(29)17(26)12-15/h3-12H,2,13H2,1H3/b21-10-. The van der Waals surface area contributed by atoms with Crippen molar-refractivity contribution in [3.8, 4) is 11.5 Å². The van der Waals surface area contributed by atoms with Crippen molar-refractivity contribution in [2.75, 3.05) is 6.61 Å². The molecule has 0 saturated heterocycles. The first-order valence-electron chi connectivity index (χ1n) is 10.2. The molecule has 0 spiro atoms. The SMILES string of the molecule is CCOc1cc(/C=C2\N=C(c3ccc(I)c(Br)c3)OC2=O)cc(Cl)c1OCc1ccccc1F. The summed E-state index contributed by atoms with van der Waals surface area (Å²) in [7, 11) is 0. The van der Waals surface area contributed by atoms with Crippen molar-refractivity contribution in [1.29, 1.82) is 0 Å². The Labute approximate surface area is 222 Å². The minimum Gasteiger partial charge on any atom is -0.490 e. The van der Waals surface area contributed by atoms with E-state index in [-0.39, 0.29) is 34.8 Å². The van der Waals surface area contributed by atoms with Crippen LogP contribution in [0.3, 0.4) is 0 Å². The molecule has 174 valence electrons. The predicted molar refractivity (Wildman–Crippen MR) is 141 cm³/mol. The molecule has 1 aliphatic rings. The molecule has 0 saturated carbocycles. The highest BCUT2D eigenvalue weighted by molar-refractivity contribution is 14.1.